The molecule has 1 fully saturated rings. The van der Waals surface area contributed by atoms with Crippen molar-refractivity contribution >= 4 is 5.91 Å². The Balaban J connectivity index is 2.08. The van der Waals surface area contributed by atoms with Crippen LogP contribution in [-0.2, 0) is 14.3 Å². The highest BCUT2D eigenvalue weighted by atomic mass is 16.7. The van der Waals surface area contributed by atoms with Crippen molar-refractivity contribution in [1.82, 2.24) is 5.32 Å². The van der Waals surface area contributed by atoms with E-state index >= 15 is 0 Å². The summed E-state index contributed by atoms with van der Waals surface area (Å²) < 4.78 is 10.8. The lowest BCUT2D eigenvalue weighted by molar-refractivity contribution is -0.180. The third-order valence-electron chi connectivity index (χ3n) is 2.29. The second-order valence-corrected chi connectivity index (χ2v) is 5.40. The van der Waals surface area contributed by atoms with Gasteiger partial charge in [-0.15, -0.1) is 0 Å². The van der Waals surface area contributed by atoms with E-state index in [0.29, 0.717) is 13.0 Å². The molecule has 0 bridgehead atoms. The van der Waals surface area contributed by atoms with E-state index in [1.165, 1.54) is 0 Å². The molecule has 0 spiro atoms. The van der Waals surface area contributed by atoms with Gasteiger partial charge in [-0.2, -0.15) is 0 Å². The molecular weight excluding hydrogens is 206 g/mol. The highest BCUT2D eigenvalue weighted by Crippen LogP contribution is 2.17. The summed E-state index contributed by atoms with van der Waals surface area (Å²) in [5.41, 5.74) is 0.0436. The van der Waals surface area contributed by atoms with Crippen LogP contribution in [0.2, 0.25) is 0 Å². The predicted molar refractivity (Wildman–Crippen MR) is 62.0 cm³/mol. The van der Waals surface area contributed by atoms with E-state index in [4.69, 9.17) is 9.47 Å². The second kappa shape index (κ2) is 6.21. The summed E-state index contributed by atoms with van der Waals surface area (Å²) in [5, 5.41) is 2.89. The molecule has 1 saturated heterocycles. The Hall–Kier alpha value is -0.610. The fraction of sp³-hybridized carbons (Fsp3) is 0.917. The SMILES string of the molecule is CC(C)(C)CC(=O)NCCC1OCCCO1. The van der Waals surface area contributed by atoms with Gasteiger partial charge in [0.25, 0.3) is 0 Å². The fourth-order valence-corrected chi connectivity index (χ4v) is 1.58. The van der Waals surface area contributed by atoms with Gasteiger partial charge in [0.2, 0.25) is 5.91 Å². The first-order chi connectivity index (χ1) is 7.47. The maximum absolute atomic E-state index is 11.5. The molecule has 0 atom stereocenters. The van der Waals surface area contributed by atoms with Gasteiger partial charge in [0.1, 0.15) is 0 Å². The number of nitrogens with one attached hydrogen (secondary N) is 1. The Labute approximate surface area is 97.7 Å². The third kappa shape index (κ3) is 6.08. The summed E-state index contributed by atoms with van der Waals surface area (Å²) in [6.07, 6.45) is 2.12. The number of hydrogen-bond donors (Lipinski definition) is 1. The van der Waals surface area contributed by atoms with Crippen molar-refractivity contribution in [3.63, 3.8) is 0 Å². The van der Waals surface area contributed by atoms with Crippen molar-refractivity contribution in [3.8, 4) is 0 Å². The minimum atomic E-state index is -0.135. The zero-order valence-electron chi connectivity index (χ0n) is 10.5. The largest absolute Gasteiger partial charge is 0.356 e. The molecule has 1 rings (SSSR count). The number of hydrogen-bond acceptors (Lipinski definition) is 3. The van der Waals surface area contributed by atoms with E-state index in [-0.39, 0.29) is 17.6 Å². The Morgan fingerprint density at radius 1 is 1.31 bits per heavy atom. The molecule has 1 amide bonds. The zero-order chi connectivity index (χ0) is 12.0. The van der Waals surface area contributed by atoms with E-state index in [1.807, 2.05) is 0 Å². The molecule has 0 aliphatic carbocycles. The molecule has 4 heteroatoms. The summed E-state index contributed by atoms with van der Waals surface area (Å²) in [6.45, 7) is 8.32. The molecule has 1 aliphatic heterocycles. The van der Waals surface area contributed by atoms with Crippen LogP contribution in [0.25, 0.3) is 0 Å². The van der Waals surface area contributed by atoms with Gasteiger partial charge in [-0.1, -0.05) is 20.8 Å². The van der Waals surface area contributed by atoms with Gasteiger partial charge in [0, 0.05) is 19.4 Å². The summed E-state index contributed by atoms with van der Waals surface area (Å²) in [4.78, 5) is 11.5. The minimum absolute atomic E-state index is 0.0436. The molecule has 0 saturated carbocycles. The van der Waals surface area contributed by atoms with E-state index in [2.05, 4.69) is 26.1 Å². The van der Waals surface area contributed by atoms with E-state index in [9.17, 15) is 4.79 Å². The van der Waals surface area contributed by atoms with Crippen LogP contribution in [0.3, 0.4) is 0 Å². The lowest BCUT2D eigenvalue weighted by atomic mass is 9.92. The molecule has 0 radical (unpaired) electrons. The molecule has 94 valence electrons. The monoisotopic (exact) mass is 229 g/mol. The quantitative estimate of drug-likeness (QED) is 0.798. The molecule has 4 nitrogen and oxygen atoms in total. The smallest absolute Gasteiger partial charge is 0.220 e. The number of carbonyl (C=O) groups excluding carboxylic acids is 1. The number of rotatable bonds is 4. The lowest BCUT2D eigenvalue weighted by Crippen LogP contribution is -2.33. The van der Waals surface area contributed by atoms with Gasteiger partial charge in [-0.05, 0) is 11.8 Å². The normalized spacial score (nSPS) is 18.4. The molecule has 1 aliphatic rings. The standard InChI is InChI=1S/C12H23NO3/c1-12(2,3)9-10(14)13-6-5-11-15-7-4-8-16-11/h11H,4-9H2,1-3H3,(H,13,14). The van der Waals surface area contributed by atoms with Crippen molar-refractivity contribution in [3.05, 3.63) is 0 Å². The van der Waals surface area contributed by atoms with Gasteiger partial charge in [0.05, 0.1) is 13.2 Å². The number of ether oxygens (including phenoxy) is 2. The highest BCUT2D eigenvalue weighted by molar-refractivity contribution is 5.76. The Morgan fingerprint density at radius 2 is 1.94 bits per heavy atom. The van der Waals surface area contributed by atoms with Crippen LogP contribution in [0, 0.1) is 5.41 Å². The molecular formula is C12H23NO3. The van der Waals surface area contributed by atoms with Gasteiger partial charge >= 0.3 is 0 Å². The maximum Gasteiger partial charge on any atom is 0.220 e. The topological polar surface area (TPSA) is 47.6 Å². The third-order valence-corrected chi connectivity index (χ3v) is 2.29. The number of carbonyl (C=O) groups is 1. The van der Waals surface area contributed by atoms with Crippen LogP contribution in [0.4, 0.5) is 0 Å². The van der Waals surface area contributed by atoms with E-state index in [1.54, 1.807) is 0 Å². The molecule has 0 unspecified atom stereocenters. The van der Waals surface area contributed by atoms with Crippen molar-refractivity contribution < 1.29 is 14.3 Å². The maximum atomic E-state index is 11.5. The minimum Gasteiger partial charge on any atom is -0.356 e. The van der Waals surface area contributed by atoms with Gasteiger partial charge in [-0.25, -0.2) is 0 Å². The van der Waals surface area contributed by atoms with E-state index in [0.717, 1.165) is 26.1 Å². The van der Waals surface area contributed by atoms with Crippen molar-refractivity contribution in [2.24, 2.45) is 5.41 Å². The first-order valence-corrected chi connectivity index (χ1v) is 5.97. The first-order valence-electron chi connectivity index (χ1n) is 5.97. The van der Waals surface area contributed by atoms with Crippen LogP contribution < -0.4 is 5.32 Å². The molecule has 16 heavy (non-hydrogen) atoms. The molecule has 0 aromatic rings. The van der Waals surface area contributed by atoms with Gasteiger partial charge < -0.3 is 14.8 Å². The van der Waals surface area contributed by atoms with Gasteiger partial charge in [-0.3, -0.25) is 4.79 Å². The molecule has 0 aromatic heterocycles. The van der Waals surface area contributed by atoms with Crippen LogP contribution in [0.15, 0.2) is 0 Å². The average molecular weight is 229 g/mol. The fourth-order valence-electron chi connectivity index (χ4n) is 1.58. The molecule has 1 N–H and O–H groups in total. The van der Waals surface area contributed by atoms with Crippen LogP contribution in [-0.4, -0.2) is 32.0 Å². The summed E-state index contributed by atoms with van der Waals surface area (Å²) in [6, 6.07) is 0. The van der Waals surface area contributed by atoms with Crippen LogP contribution in [0.1, 0.15) is 40.0 Å². The zero-order valence-corrected chi connectivity index (χ0v) is 10.5. The van der Waals surface area contributed by atoms with E-state index < -0.39 is 0 Å². The summed E-state index contributed by atoms with van der Waals surface area (Å²) in [7, 11) is 0. The molecule has 0 aromatic carbocycles. The van der Waals surface area contributed by atoms with Gasteiger partial charge in [0.15, 0.2) is 6.29 Å². The first kappa shape index (κ1) is 13.5. The van der Waals surface area contributed by atoms with Crippen LogP contribution in [0.5, 0.6) is 0 Å². The van der Waals surface area contributed by atoms with Crippen molar-refractivity contribution in [2.45, 2.75) is 46.3 Å². The average Bonchev–Trinajstić information content (AvgIpc) is 2.16. The Bertz CT molecular complexity index is 217. The number of amides is 1. The predicted octanol–water partition coefficient (Wildman–Crippen LogP) is 1.69. The highest BCUT2D eigenvalue weighted by Gasteiger charge is 2.17. The Kier molecular flexibility index (Phi) is 5.22. The summed E-state index contributed by atoms with van der Waals surface area (Å²) in [5.74, 6) is 0.100. The van der Waals surface area contributed by atoms with Crippen LogP contribution >= 0.6 is 0 Å². The summed E-state index contributed by atoms with van der Waals surface area (Å²) >= 11 is 0. The second-order valence-electron chi connectivity index (χ2n) is 5.40. The lowest BCUT2D eigenvalue weighted by Gasteiger charge is -2.23. The van der Waals surface area contributed by atoms with Crippen molar-refractivity contribution in [2.75, 3.05) is 19.8 Å². The van der Waals surface area contributed by atoms with Crippen molar-refractivity contribution in [1.29, 1.82) is 0 Å². The Morgan fingerprint density at radius 3 is 2.50 bits per heavy atom. The molecule has 1 heterocycles.